The van der Waals surface area contributed by atoms with E-state index < -0.39 is 0 Å². The highest BCUT2D eigenvalue weighted by atomic mass is 32.2. The Morgan fingerprint density at radius 2 is 2.05 bits per heavy atom. The molecule has 106 valence electrons. The molecule has 1 saturated carbocycles. The van der Waals surface area contributed by atoms with Crippen LogP contribution in [0.15, 0.2) is 24.3 Å². The fraction of sp³-hybridized carbons (Fsp3) is 0.500. The van der Waals surface area contributed by atoms with E-state index in [4.69, 9.17) is 5.26 Å². The Labute approximate surface area is 124 Å². The van der Waals surface area contributed by atoms with E-state index in [0.29, 0.717) is 16.5 Å². The zero-order valence-corrected chi connectivity index (χ0v) is 12.6. The van der Waals surface area contributed by atoms with E-state index in [-0.39, 0.29) is 11.2 Å². The average Bonchev–Trinajstić information content (AvgIpc) is 2.48. The molecule has 0 radical (unpaired) electrons. The molecule has 1 atom stereocenters. The van der Waals surface area contributed by atoms with Gasteiger partial charge in [-0.1, -0.05) is 31.4 Å². The molecule has 3 nitrogen and oxygen atoms in total. The van der Waals surface area contributed by atoms with Gasteiger partial charge in [0, 0.05) is 5.25 Å². The molecule has 0 heterocycles. The van der Waals surface area contributed by atoms with Gasteiger partial charge in [-0.15, -0.1) is 11.8 Å². The number of nitrogens with one attached hydrogen (secondary N) is 1. The Morgan fingerprint density at radius 3 is 2.75 bits per heavy atom. The molecule has 1 fully saturated rings. The number of para-hydroxylation sites is 1. The van der Waals surface area contributed by atoms with Gasteiger partial charge in [0.25, 0.3) is 0 Å². The molecule has 1 aliphatic rings. The fourth-order valence-corrected chi connectivity index (χ4v) is 3.84. The van der Waals surface area contributed by atoms with E-state index in [1.165, 1.54) is 32.1 Å². The summed E-state index contributed by atoms with van der Waals surface area (Å²) in [4.78, 5) is 12.2. The van der Waals surface area contributed by atoms with Crippen LogP contribution in [0.2, 0.25) is 0 Å². The second kappa shape index (κ2) is 7.35. The monoisotopic (exact) mass is 288 g/mol. The van der Waals surface area contributed by atoms with Crippen molar-refractivity contribution in [3.8, 4) is 6.07 Å². The number of carbonyl (C=O) groups excluding carboxylic acids is 1. The fourth-order valence-electron chi connectivity index (χ4n) is 2.48. The first-order chi connectivity index (χ1) is 9.70. The van der Waals surface area contributed by atoms with Crippen molar-refractivity contribution in [2.45, 2.75) is 49.5 Å². The topological polar surface area (TPSA) is 52.9 Å². The zero-order valence-electron chi connectivity index (χ0n) is 11.8. The molecule has 0 bridgehead atoms. The number of hydrogen-bond acceptors (Lipinski definition) is 3. The molecule has 1 N–H and O–H groups in total. The number of anilines is 1. The Bertz CT molecular complexity index is 503. The highest BCUT2D eigenvalue weighted by molar-refractivity contribution is 8.01. The number of benzene rings is 1. The Hall–Kier alpha value is -1.47. The molecule has 0 aliphatic heterocycles. The average molecular weight is 288 g/mol. The third-order valence-electron chi connectivity index (χ3n) is 3.62. The second-order valence-electron chi connectivity index (χ2n) is 5.18. The van der Waals surface area contributed by atoms with E-state index in [2.05, 4.69) is 11.4 Å². The van der Waals surface area contributed by atoms with Gasteiger partial charge in [0.1, 0.15) is 6.07 Å². The van der Waals surface area contributed by atoms with Gasteiger partial charge < -0.3 is 5.32 Å². The largest absolute Gasteiger partial charge is 0.324 e. The summed E-state index contributed by atoms with van der Waals surface area (Å²) in [6.07, 6.45) is 6.33. The van der Waals surface area contributed by atoms with Crippen LogP contribution in [0.4, 0.5) is 5.69 Å². The lowest BCUT2D eigenvalue weighted by molar-refractivity contribution is -0.115. The zero-order chi connectivity index (χ0) is 14.4. The van der Waals surface area contributed by atoms with Crippen LogP contribution in [0.1, 0.15) is 44.6 Å². The quantitative estimate of drug-likeness (QED) is 0.912. The molecule has 1 aromatic rings. The highest BCUT2D eigenvalue weighted by Crippen LogP contribution is 2.31. The van der Waals surface area contributed by atoms with Crippen LogP contribution in [0.3, 0.4) is 0 Å². The number of amides is 1. The van der Waals surface area contributed by atoms with Gasteiger partial charge in [0.2, 0.25) is 5.91 Å². The van der Waals surface area contributed by atoms with Crippen molar-refractivity contribution in [1.82, 2.24) is 0 Å². The lowest BCUT2D eigenvalue weighted by atomic mass is 10.0. The van der Waals surface area contributed by atoms with E-state index >= 15 is 0 Å². The van der Waals surface area contributed by atoms with Crippen LogP contribution in [0, 0.1) is 11.3 Å². The molecule has 20 heavy (non-hydrogen) atoms. The Kier molecular flexibility index (Phi) is 5.49. The predicted molar refractivity (Wildman–Crippen MR) is 83.7 cm³/mol. The maximum atomic E-state index is 12.2. The molecule has 1 aliphatic carbocycles. The summed E-state index contributed by atoms with van der Waals surface area (Å²) in [5.74, 6) is -0.0109. The molecule has 1 aromatic carbocycles. The highest BCUT2D eigenvalue weighted by Gasteiger charge is 2.21. The van der Waals surface area contributed by atoms with Gasteiger partial charge in [-0.25, -0.2) is 0 Å². The molecule has 4 heteroatoms. The summed E-state index contributed by atoms with van der Waals surface area (Å²) in [5, 5.41) is 12.4. The van der Waals surface area contributed by atoms with Crippen LogP contribution >= 0.6 is 11.8 Å². The van der Waals surface area contributed by atoms with Crippen molar-refractivity contribution in [2.24, 2.45) is 0 Å². The predicted octanol–water partition coefficient (Wildman–Crippen LogP) is 3.95. The van der Waals surface area contributed by atoms with Crippen LogP contribution in [-0.4, -0.2) is 16.4 Å². The first kappa shape index (κ1) is 14.9. The number of nitrogens with zero attached hydrogens (tertiary/aromatic N) is 1. The smallest absolute Gasteiger partial charge is 0.237 e. The van der Waals surface area contributed by atoms with Crippen molar-refractivity contribution < 1.29 is 4.79 Å². The lowest BCUT2D eigenvalue weighted by Gasteiger charge is -2.24. The van der Waals surface area contributed by atoms with Gasteiger partial charge in [-0.2, -0.15) is 5.26 Å². The molecular weight excluding hydrogens is 268 g/mol. The standard InChI is InChI=1S/C16H20N2OS/c1-12(20-14-8-3-2-4-9-14)16(19)18-15-10-6-5-7-13(15)11-17/h5-7,10,12,14H,2-4,8-9H2,1H3,(H,18,19)/t12-/m1/s1. The van der Waals surface area contributed by atoms with Crippen molar-refractivity contribution in [3.05, 3.63) is 29.8 Å². The summed E-state index contributed by atoms with van der Waals surface area (Å²) in [5.41, 5.74) is 1.12. The summed E-state index contributed by atoms with van der Waals surface area (Å²) < 4.78 is 0. The van der Waals surface area contributed by atoms with Crippen molar-refractivity contribution in [2.75, 3.05) is 5.32 Å². The van der Waals surface area contributed by atoms with Gasteiger partial charge in [-0.3, -0.25) is 4.79 Å². The first-order valence-electron chi connectivity index (χ1n) is 7.16. The SMILES string of the molecule is C[C@@H](SC1CCCCC1)C(=O)Nc1ccccc1C#N. The van der Waals surface area contributed by atoms with E-state index in [1.807, 2.05) is 13.0 Å². The van der Waals surface area contributed by atoms with E-state index in [1.54, 1.807) is 30.0 Å². The number of carbonyl (C=O) groups is 1. The number of hydrogen-bond donors (Lipinski definition) is 1. The van der Waals surface area contributed by atoms with Crippen LogP contribution in [0.5, 0.6) is 0 Å². The summed E-state index contributed by atoms with van der Waals surface area (Å²) >= 11 is 1.77. The molecule has 0 aromatic heterocycles. The summed E-state index contributed by atoms with van der Waals surface area (Å²) in [6.45, 7) is 1.95. The first-order valence-corrected chi connectivity index (χ1v) is 8.10. The Morgan fingerprint density at radius 1 is 1.35 bits per heavy atom. The summed E-state index contributed by atoms with van der Waals surface area (Å²) in [7, 11) is 0. The van der Waals surface area contributed by atoms with Crippen molar-refractivity contribution >= 4 is 23.4 Å². The molecule has 1 amide bonds. The van der Waals surface area contributed by atoms with Gasteiger partial charge in [0.05, 0.1) is 16.5 Å². The van der Waals surface area contributed by atoms with Crippen molar-refractivity contribution in [1.29, 1.82) is 5.26 Å². The van der Waals surface area contributed by atoms with Crippen LogP contribution in [0.25, 0.3) is 0 Å². The number of nitriles is 1. The molecular formula is C16H20N2OS. The Balaban J connectivity index is 1.92. The number of rotatable bonds is 4. The second-order valence-corrected chi connectivity index (χ2v) is 6.83. The van der Waals surface area contributed by atoms with Crippen LogP contribution in [-0.2, 0) is 4.79 Å². The molecule has 2 rings (SSSR count). The minimum Gasteiger partial charge on any atom is -0.324 e. The third kappa shape index (κ3) is 4.01. The normalized spacial score (nSPS) is 17.2. The van der Waals surface area contributed by atoms with Crippen LogP contribution < -0.4 is 5.32 Å². The minimum atomic E-state index is -0.0788. The lowest BCUT2D eigenvalue weighted by Crippen LogP contribution is -2.25. The minimum absolute atomic E-state index is 0.0109. The van der Waals surface area contributed by atoms with Gasteiger partial charge >= 0.3 is 0 Å². The maximum absolute atomic E-state index is 12.2. The van der Waals surface area contributed by atoms with Gasteiger partial charge in [-0.05, 0) is 31.9 Å². The maximum Gasteiger partial charge on any atom is 0.237 e. The van der Waals surface area contributed by atoms with Crippen molar-refractivity contribution in [3.63, 3.8) is 0 Å². The molecule has 0 unspecified atom stereocenters. The van der Waals surface area contributed by atoms with E-state index in [9.17, 15) is 4.79 Å². The molecule has 0 spiro atoms. The molecule has 0 saturated heterocycles. The van der Waals surface area contributed by atoms with E-state index in [0.717, 1.165) is 0 Å². The summed E-state index contributed by atoms with van der Waals surface area (Å²) in [6, 6.07) is 9.22. The number of thioether (sulfide) groups is 1. The van der Waals surface area contributed by atoms with Gasteiger partial charge in [0.15, 0.2) is 0 Å². The third-order valence-corrected chi connectivity index (χ3v) is 5.10.